The Morgan fingerprint density at radius 1 is 1.44 bits per heavy atom. The summed E-state index contributed by atoms with van der Waals surface area (Å²) in [7, 11) is 0. The van der Waals surface area contributed by atoms with Crippen LogP contribution < -0.4 is 11.1 Å². The second kappa shape index (κ2) is 5.43. The average molecular weight is 263 g/mol. The largest absolute Gasteiger partial charge is 0.327 e. The highest BCUT2D eigenvalue weighted by atomic mass is 35.5. The first-order valence-electron chi connectivity index (χ1n) is 4.66. The van der Waals surface area contributed by atoms with Crippen LogP contribution in [0.4, 0.5) is 5.82 Å². The van der Waals surface area contributed by atoms with Crippen molar-refractivity contribution in [2.45, 2.75) is 19.9 Å². The summed E-state index contributed by atoms with van der Waals surface area (Å²) in [4.78, 5) is 19.2. The summed E-state index contributed by atoms with van der Waals surface area (Å²) in [5.41, 5.74) is 5.61. The predicted octanol–water partition coefficient (Wildman–Crippen LogP) is 1.71. The minimum atomic E-state index is -0.343. The monoisotopic (exact) mass is 262 g/mol. The van der Waals surface area contributed by atoms with Gasteiger partial charge in [0.15, 0.2) is 11.0 Å². The van der Waals surface area contributed by atoms with Gasteiger partial charge in [0.2, 0.25) is 5.91 Å². The SMILES string of the molecule is CC(N)C(C)C(=O)Nc1ncnc(Cl)c1Cl. The molecule has 1 heterocycles. The Labute approximate surface area is 103 Å². The molecule has 1 aromatic heterocycles. The molecule has 5 nitrogen and oxygen atoms in total. The van der Waals surface area contributed by atoms with Crippen molar-refractivity contribution < 1.29 is 4.79 Å². The molecule has 2 atom stereocenters. The Hall–Kier alpha value is -0.910. The highest BCUT2D eigenvalue weighted by Crippen LogP contribution is 2.25. The van der Waals surface area contributed by atoms with Crippen LogP contribution in [0.25, 0.3) is 0 Å². The van der Waals surface area contributed by atoms with Crippen LogP contribution in [0, 0.1) is 5.92 Å². The molecule has 1 aromatic rings. The fourth-order valence-electron chi connectivity index (χ4n) is 0.905. The van der Waals surface area contributed by atoms with Crippen molar-refractivity contribution in [3.05, 3.63) is 16.5 Å². The van der Waals surface area contributed by atoms with Crippen molar-refractivity contribution in [3.63, 3.8) is 0 Å². The number of nitrogens with zero attached hydrogens (tertiary/aromatic N) is 2. The topological polar surface area (TPSA) is 80.9 Å². The summed E-state index contributed by atoms with van der Waals surface area (Å²) in [5, 5.41) is 2.76. The third kappa shape index (κ3) is 3.04. The number of carbonyl (C=O) groups excluding carboxylic acids is 1. The molecule has 7 heteroatoms. The zero-order chi connectivity index (χ0) is 12.3. The van der Waals surface area contributed by atoms with Crippen molar-refractivity contribution in [2.24, 2.45) is 11.7 Å². The molecule has 0 aliphatic carbocycles. The van der Waals surface area contributed by atoms with E-state index in [1.807, 2.05) is 0 Å². The maximum atomic E-state index is 11.7. The normalized spacial score (nSPS) is 14.3. The molecule has 1 amide bonds. The van der Waals surface area contributed by atoms with Crippen LogP contribution in [0.2, 0.25) is 10.2 Å². The quantitative estimate of drug-likeness (QED) is 0.813. The van der Waals surface area contributed by atoms with Crippen LogP contribution in [0.15, 0.2) is 6.33 Å². The minimum Gasteiger partial charge on any atom is -0.327 e. The molecule has 0 fully saturated rings. The fourth-order valence-corrected chi connectivity index (χ4v) is 1.18. The lowest BCUT2D eigenvalue weighted by atomic mass is 10.0. The van der Waals surface area contributed by atoms with Crippen molar-refractivity contribution in [1.82, 2.24) is 9.97 Å². The van der Waals surface area contributed by atoms with Gasteiger partial charge in [0.1, 0.15) is 11.3 Å². The van der Waals surface area contributed by atoms with Crippen molar-refractivity contribution >= 4 is 34.9 Å². The Bertz CT molecular complexity index is 397. The average Bonchev–Trinajstić information content (AvgIpc) is 2.23. The first-order chi connectivity index (χ1) is 7.43. The molecule has 0 aliphatic rings. The number of aromatic nitrogens is 2. The molecule has 0 spiro atoms. The van der Waals surface area contributed by atoms with Gasteiger partial charge in [-0.1, -0.05) is 30.1 Å². The number of hydrogen-bond donors (Lipinski definition) is 2. The molecule has 0 saturated heterocycles. The Balaban J connectivity index is 2.81. The maximum absolute atomic E-state index is 11.7. The first kappa shape index (κ1) is 13.2. The van der Waals surface area contributed by atoms with E-state index < -0.39 is 0 Å². The Morgan fingerprint density at radius 3 is 2.62 bits per heavy atom. The zero-order valence-electron chi connectivity index (χ0n) is 8.87. The Kier molecular flexibility index (Phi) is 4.46. The number of rotatable bonds is 3. The molecule has 16 heavy (non-hydrogen) atoms. The van der Waals surface area contributed by atoms with Gasteiger partial charge < -0.3 is 11.1 Å². The summed E-state index contributed by atoms with van der Waals surface area (Å²) in [5.74, 6) is -0.407. The third-order valence-corrected chi connectivity index (χ3v) is 2.93. The van der Waals surface area contributed by atoms with Gasteiger partial charge in [0.25, 0.3) is 0 Å². The molecule has 2 unspecified atom stereocenters. The van der Waals surface area contributed by atoms with Crippen LogP contribution in [0.1, 0.15) is 13.8 Å². The van der Waals surface area contributed by atoms with Crippen LogP contribution in [0.3, 0.4) is 0 Å². The molecular weight excluding hydrogens is 251 g/mol. The number of nitrogens with two attached hydrogens (primary N) is 1. The van der Waals surface area contributed by atoms with E-state index in [1.165, 1.54) is 6.33 Å². The maximum Gasteiger partial charge on any atom is 0.229 e. The zero-order valence-corrected chi connectivity index (χ0v) is 10.4. The number of halogens is 2. The van der Waals surface area contributed by atoms with Gasteiger partial charge in [-0.15, -0.1) is 0 Å². The number of amides is 1. The van der Waals surface area contributed by atoms with E-state index in [0.717, 1.165) is 0 Å². The highest BCUT2D eigenvalue weighted by Gasteiger charge is 2.19. The number of nitrogens with one attached hydrogen (secondary N) is 1. The fraction of sp³-hybridized carbons (Fsp3) is 0.444. The molecule has 0 aromatic carbocycles. The molecule has 3 N–H and O–H groups in total. The standard InChI is InChI=1S/C9H12Cl2N4O/c1-4(5(2)12)9(16)15-8-6(10)7(11)13-3-14-8/h3-5H,12H2,1-2H3,(H,13,14,15,16). The van der Waals surface area contributed by atoms with E-state index >= 15 is 0 Å². The minimum absolute atomic E-state index is 0.0976. The summed E-state index contributed by atoms with van der Waals surface area (Å²) < 4.78 is 0. The Morgan fingerprint density at radius 2 is 2.06 bits per heavy atom. The molecule has 1 rings (SSSR count). The summed E-state index contributed by atoms with van der Waals surface area (Å²) in [6.45, 7) is 3.47. The third-order valence-electron chi connectivity index (χ3n) is 2.19. The molecule has 0 aliphatic heterocycles. The van der Waals surface area contributed by atoms with Gasteiger partial charge >= 0.3 is 0 Å². The van der Waals surface area contributed by atoms with E-state index in [9.17, 15) is 4.79 Å². The first-order valence-corrected chi connectivity index (χ1v) is 5.41. The van der Waals surface area contributed by atoms with Crippen molar-refractivity contribution in [2.75, 3.05) is 5.32 Å². The van der Waals surface area contributed by atoms with Crippen molar-refractivity contribution in [1.29, 1.82) is 0 Å². The van der Waals surface area contributed by atoms with Gasteiger partial charge in [-0.2, -0.15) is 0 Å². The lowest BCUT2D eigenvalue weighted by Crippen LogP contribution is -2.34. The van der Waals surface area contributed by atoms with E-state index in [-0.39, 0.29) is 33.9 Å². The summed E-state index contributed by atoms with van der Waals surface area (Å²) in [6.07, 6.45) is 1.22. The van der Waals surface area contributed by atoms with E-state index in [1.54, 1.807) is 13.8 Å². The predicted molar refractivity (Wildman–Crippen MR) is 63.5 cm³/mol. The molecule has 0 bridgehead atoms. The number of anilines is 1. The lowest BCUT2D eigenvalue weighted by Gasteiger charge is -2.15. The van der Waals surface area contributed by atoms with Crippen LogP contribution in [0.5, 0.6) is 0 Å². The van der Waals surface area contributed by atoms with Crippen molar-refractivity contribution in [3.8, 4) is 0 Å². The smallest absolute Gasteiger partial charge is 0.229 e. The molecule has 0 radical (unpaired) electrons. The molecule has 0 saturated carbocycles. The van der Waals surface area contributed by atoms with Crippen LogP contribution in [-0.2, 0) is 4.79 Å². The van der Waals surface area contributed by atoms with E-state index in [4.69, 9.17) is 28.9 Å². The molecular formula is C9H12Cl2N4O. The van der Waals surface area contributed by atoms with E-state index in [0.29, 0.717) is 0 Å². The van der Waals surface area contributed by atoms with Gasteiger partial charge in [-0.05, 0) is 6.92 Å². The van der Waals surface area contributed by atoms with Gasteiger partial charge in [0, 0.05) is 6.04 Å². The number of carbonyl (C=O) groups is 1. The molecule has 88 valence electrons. The van der Waals surface area contributed by atoms with Gasteiger partial charge in [-0.25, -0.2) is 9.97 Å². The van der Waals surface area contributed by atoms with E-state index in [2.05, 4.69) is 15.3 Å². The second-order valence-electron chi connectivity index (χ2n) is 3.46. The van der Waals surface area contributed by atoms with Gasteiger partial charge in [0.05, 0.1) is 5.92 Å². The van der Waals surface area contributed by atoms with Gasteiger partial charge in [-0.3, -0.25) is 4.79 Å². The highest BCUT2D eigenvalue weighted by molar-refractivity contribution is 6.42. The summed E-state index contributed by atoms with van der Waals surface area (Å²) >= 11 is 11.5. The van der Waals surface area contributed by atoms with Crippen LogP contribution in [-0.4, -0.2) is 21.9 Å². The second-order valence-corrected chi connectivity index (χ2v) is 4.20. The lowest BCUT2D eigenvalue weighted by molar-refractivity contribution is -0.119. The van der Waals surface area contributed by atoms with Crippen LogP contribution >= 0.6 is 23.2 Å². The summed E-state index contributed by atoms with van der Waals surface area (Å²) in [6, 6.07) is -0.254. The number of hydrogen-bond acceptors (Lipinski definition) is 4.